The SMILES string of the molecule is COc1ccc(-c2cocc2-c2ccc(Br)cc2)cc1. The van der Waals surface area contributed by atoms with E-state index in [1.807, 2.05) is 36.4 Å². The zero-order chi connectivity index (χ0) is 13.9. The summed E-state index contributed by atoms with van der Waals surface area (Å²) in [5, 5.41) is 0. The van der Waals surface area contributed by atoms with Crippen molar-refractivity contribution >= 4 is 15.9 Å². The van der Waals surface area contributed by atoms with Crippen LogP contribution in [0.1, 0.15) is 0 Å². The number of hydrogen-bond donors (Lipinski definition) is 0. The van der Waals surface area contributed by atoms with Crippen molar-refractivity contribution in [2.24, 2.45) is 0 Å². The monoisotopic (exact) mass is 328 g/mol. The number of hydrogen-bond acceptors (Lipinski definition) is 2. The van der Waals surface area contributed by atoms with E-state index in [9.17, 15) is 0 Å². The zero-order valence-electron chi connectivity index (χ0n) is 11.0. The second kappa shape index (κ2) is 5.55. The highest BCUT2D eigenvalue weighted by molar-refractivity contribution is 9.10. The molecule has 0 atom stereocenters. The van der Waals surface area contributed by atoms with Crippen molar-refractivity contribution < 1.29 is 9.15 Å². The number of rotatable bonds is 3. The molecule has 0 aliphatic rings. The molecule has 0 saturated carbocycles. The molecular weight excluding hydrogens is 316 g/mol. The predicted octanol–water partition coefficient (Wildman–Crippen LogP) is 5.38. The second-order valence-corrected chi connectivity index (χ2v) is 5.35. The van der Waals surface area contributed by atoms with Gasteiger partial charge in [0.2, 0.25) is 0 Å². The molecule has 2 nitrogen and oxygen atoms in total. The third-order valence-electron chi connectivity index (χ3n) is 3.22. The van der Waals surface area contributed by atoms with E-state index in [1.165, 1.54) is 0 Å². The van der Waals surface area contributed by atoms with Gasteiger partial charge in [-0.05, 0) is 35.4 Å². The van der Waals surface area contributed by atoms with E-state index >= 15 is 0 Å². The Morgan fingerprint density at radius 3 is 1.80 bits per heavy atom. The lowest BCUT2D eigenvalue weighted by Crippen LogP contribution is -1.83. The summed E-state index contributed by atoms with van der Waals surface area (Å²) in [7, 11) is 1.67. The third kappa shape index (κ3) is 2.49. The van der Waals surface area contributed by atoms with Crippen LogP contribution in [0.5, 0.6) is 5.75 Å². The summed E-state index contributed by atoms with van der Waals surface area (Å²) in [6, 6.07) is 16.2. The molecule has 3 rings (SSSR count). The average molecular weight is 329 g/mol. The molecule has 0 fully saturated rings. The van der Waals surface area contributed by atoms with Gasteiger partial charge in [0.25, 0.3) is 0 Å². The van der Waals surface area contributed by atoms with Gasteiger partial charge in [-0.15, -0.1) is 0 Å². The summed E-state index contributed by atoms with van der Waals surface area (Å²) < 4.78 is 11.6. The van der Waals surface area contributed by atoms with E-state index in [0.717, 1.165) is 32.5 Å². The first-order valence-corrected chi connectivity index (χ1v) is 7.04. The molecule has 0 aliphatic heterocycles. The largest absolute Gasteiger partial charge is 0.497 e. The minimum atomic E-state index is 0.849. The maximum Gasteiger partial charge on any atom is 0.118 e. The number of halogens is 1. The molecule has 0 bridgehead atoms. The highest BCUT2D eigenvalue weighted by Crippen LogP contribution is 2.34. The molecule has 0 saturated heterocycles. The standard InChI is InChI=1S/C17H13BrO2/c1-19-15-8-4-13(5-9-15)17-11-20-10-16(17)12-2-6-14(18)7-3-12/h2-11H,1H3. The van der Waals surface area contributed by atoms with Gasteiger partial charge in [-0.3, -0.25) is 0 Å². The quantitative estimate of drug-likeness (QED) is 0.643. The summed E-state index contributed by atoms with van der Waals surface area (Å²) in [6.07, 6.45) is 3.56. The maximum atomic E-state index is 5.40. The van der Waals surface area contributed by atoms with Crippen LogP contribution in [-0.2, 0) is 0 Å². The first-order chi connectivity index (χ1) is 9.78. The Morgan fingerprint density at radius 1 is 0.800 bits per heavy atom. The Labute approximate surface area is 126 Å². The lowest BCUT2D eigenvalue weighted by atomic mass is 9.99. The van der Waals surface area contributed by atoms with E-state index in [1.54, 1.807) is 19.6 Å². The Bertz CT molecular complexity index is 697. The van der Waals surface area contributed by atoms with E-state index in [4.69, 9.17) is 9.15 Å². The van der Waals surface area contributed by atoms with Gasteiger partial charge in [0.1, 0.15) is 5.75 Å². The van der Waals surface area contributed by atoms with Gasteiger partial charge < -0.3 is 9.15 Å². The first-order valence-electron chi connectivity index (χ1n) is 6.24. The van der Waals surface area contributed by atoms with Crippen molar-refractivity contribution in [2.75, 3.05) is 7.11 Å². The smallest absolute Gasteiger partial charge is 0.118 e. The number of furan rings is 1. The molecule has 2 aromatic carbocycles. The molecule has 0 radical (unpaired) electrons. The van der Waals surface area contributed by atoms with Crippen LogP contribution >= 0.6 is 15.9 Å². The lowest BCUT2D eigenvalue weighted by Gasteiger charge is -2.05. The van der Waals surface area contributed by atoms with Crippen LogP contribution in [0.4, 0.5) is 0 Å². The summed E-state index contributed by atoms with van der Waals surface area (Å²) in [5.41, 5.74) is 4.41. The molecular formula is C17H13BrO2. The molecule has 1 heterocycles. The van der Waals surface area contributed by atoms with E-state index in [0.29, 0.717) is 0 Å². The van der Waals surface area contributed by atoms with Gasteiger partial charge >= 0.3 is 0 Å². The van der Waals surface area contributed by atoms with Gasteiger partial charge in [0, 0.05) is 15.6 Å². The molecule has 20 heavy (non-hydrogen) atoms. The summed E-state index contributed by atoms with van der Waals surface area (Å²) in [5.74, 6) is 0.849. The molecule has 3 heteroatoms. The molecule has 0 spiro atoms. The molecule has 0 unspecified atom stereocenters. The van der Waals surface area contributed by atoms with Crippen molar-refractivity contribution in [3.05, 3.63) is 65.5 Å². The minimum absolute atomic E-state index is 0.849. The molecule has 0 N–H and O–H groups in total. The van der Waals surface area contributed by atoms with Gasteiger partial charge in [-0.2, -0.15) is 0 Å². The average Bonchev–Trinajstić information content (AvgIpc) is 2.97. The summed E-state index contributed by atoms with van der Waals surface area (Å²) in [4.78, 5) is 0. The number of ether oxygens (including phenoxy) is 1. The van der Waals surface area contributed by atoms with E-state index < -0.39 is 0 Å². The van der Waals surface area contributed by atoms with Crippen molar-refractivity contribution in [3.63, 3.8) is 0 Å². The molecule has 3 aromatic rings. The molecule has 0 amide bonds. The third-order valence-corrected chi connectivity index (χ3v) is 3.75. The fourth-order valence-corrected chi connectivity index (χ4v) is 2.41. The summed E-state index contributed by atoms with van der Waals surface area (Å²) >= 11 is 3.45. The molecule has 0 aliphatic carbocycles. The van der Waals surface area contributed by atoms with Crippen molar-refractivity contribution in [3.8, 4) is 28.0 Å². The maximum absolute atomic E-state index is 5.40. The second-order valence-electron chi connectivity index (χ2n) is 4.43. The Morgan fingerprint density at radius 2 is 1.30 bits per heavy atom. The van der Waals surface area contributed by atoms with Gasteiger partial charge in [0.15, 0.2) is 0 Å². The Kier molecular flexibility index (Phi) is 3.61. The zero-order valence-corrected chi connectivity index (χ0v) is 12.6. The van der Waals surface area contributed by atoms with Gasteiger partial charge in [-0.25, -0.2) is 0 Å². The van der Waals surface area contributed by atoms with Crippen molar-refractivity contribution in [1.29, 1.82) is 0 Å². The predicted molar refractivity (Wildman–Crippen MR) is 83.8 cm³/mol. The van der Waals surface area contributed by atoms with Crippen LogP contribution in [0.15, 0.2) is 69.9 Å². The van der Waals surface area contributed by atoms with Gasteiger partial charge in [-0.1, -0.05) is 40.2 Å². The lowest BCUT2D eigenvalue weighted by molar-refractivity contribution is 0.415. The fourth-order valence-electron chi connectivity index (χ4n) is 2.14. The van der Waals surface area contributed by atoms with Crippen molar-refractivity contribution in [1.82, 2.24) is 0 Å². The van der Waals surface area contributed by atoms with Crippen molar-refractivity contribution in [2.45, 2.75) is 0 Å². The van der Waals surface area contributed by atoms with Crippen LogP contribution in [0.3, 0.4) is 0 Å². The van der Waals surface area contributed by atoms with Crippen LogP contribution < -0.4 is 4.74 Å². The Hall–Kier alpha value is -2.00. The van der Waals surface area contributed by atoms with E-state index in [2.05, 4.69) is 28.1 Å². The number of benzene rings is 2. The van der Waals surface area contributed by atoms with Crippen LogP contribution in [0.25, 0.3) is 22.3 Å². The fraction of sp³-hybridized carbons (Fsp3) is 0.0588. The first kappa shape index (κ1) is 13.0. The Balaban J connectivity index is 2.02. The van der Waals surface area contributed by atoms with Crippen LogP contribution in [0.2, 0.25) is 0 Å². The highest BCUT2D eigenvalue weighted by Gasteiger charge is 2.10. The van der Waals surface area contributed by atoms with E-state index in [-0.39, 0.29) is 0 Å². The number of methoxy groups -OCH3 is 1. The van der Waals surface area contributed by atoms with Crippen LogP contribution in [-0.4, -0.2) is 7.11 Å². The summed E-state index contributed by atoms with van der Waals surface area (Å²) in [6.45, 7) is 0. The highest BCUT2D eigenvalue weighted by atomic mass is 79.9. The topological polar surface area (TPSA) is 22.4 Å². The normalized spacial score (nSPS) is 10.5. The molecule has 100 valence electrons. The molecule has 1 aromatic heterocycles. The van der Waals surface area contributed by atoms with Gasteiger partial charge in [0.05, 0.1) is 19.6 Å². The van der Waals surface area contributed by atoms with Crippen LogP contribution in [0, 0.1) is 0 Å². The minimum Gasteiger partial charge on any atom is -0.497 e.